The molecule has 11 heteroatoms. The van der Waals surface area contributed by atoms with Gasteiger partial charge in [0.05, 0.1) is 16.7 Å². The van der Waals surface area contributed by atoms with E-state index in [4.69, 9.17) is 0 Å². The fraction of sp³-hybridized carbons (Fsp3) is 0.158. The highest BCUT2D eigenvalue weighted by atomic mass is 19.4. The number of alkyl halides is 3. The van der Waals surface area contributed by atoms with Crippen LogP contribution in [0.2, 0.25) is 0 Å². The molecule has 0 unspecified atom stereocenters. The molecule has 2 heterocycles. The Labute approximate surface area is 165 Å². The van der Waals surface area contributed by atoms with Gasteiger partial charge < -0.3 is 9.72 Å². The number of halogens is 4. The summed E-state index contributed by atoms with van der Waals surface area (Å²) in [6.07, 6.45) is -5.95. The number of aromatic amines is 1. The second-order valence-electron chi connectivity index (χ2n) is 6.41. The number of imidazole rings is 1. The minimum Gasteiger partial charge on any atom is -0.440 e. The third-order valence-corrected chi connectivity index (χ3v) is 4.26. The van der Waals surface area contributed by atoms with Crippen LogP contribution in [0.4, 0.5) is 28.3 Å². The molecule has 30 heavy (non-hydrogen) atoms. The standard InChI is InChI=1S/C19H12F4N4O3/c20-10-2-3-11-12(6-10)16(24-7-15(11)28)9-1-4-13-14(5-9)26-17(25-13)27-18(29)30-8-19(21,22)23/h1-6H,7-8H2,(H2,25,26,27,29). The predicted octanol–water partition coefficient (Wildman–Crippen LogP) is 3.85. The van der Waals surface area contributed by atoms with E-state index >= 15 is 0 Å². The summed E-state index contributed by atoms with van der Waals surface area (Å²) in [5, 5.41) is 2.08. The number of ketones is 1. The van der Waals surface area contributed by atoms with Gasteiger partial charge in [0, 0.05) is 16.7 Å². The van der Waals surface area contributed by atoms with Crippen LogP contribution < -0.4 is 5.32 Å². The van der Waals surface area contributed by atoms with E-state index in [0.29, 0.717) is 33.4 Å². The SMILES string of the molecule is O=C(Nc1nc2ccc(C3=NCC(=O)c4ccc(F)cc43)cc2[nH]1)OCC(F)(F)F. The van der Waals surface area contributed by atoms with Crippen molar-refractivity contribution in [1.29, 1.82) is 0 Å². The van der Waals surface area contributed by atoms with Crippen LogP contribution in [-0.2, 0) is 4.74 Å². The number of carbonyl (C=O) groups is 2. The molecule has 0 radical (unpaired) electrons. The van der Waals surface area contributed by atoms with Gasteiger partial charge in [-0.15, -0.1) is 0 Å². The second kappa shape index (κ2) is 7.25. The van der Waals surface area contributed by atoms with Crippen molar-refractivity contribution in [2.75, 3.05) is 18.5 Å². The lowest BCUT2D eigenvalue weighted by Crippen LogP contribution is -2.23. The van der Waals surface area contributed by atoms with Gasteiger partial charge in [0.2, 0.25) is 5.95 Å². The molecule has 0 fully saturated rings. The zero-order valence-electron chi connectivity index (χ0n) is 15.0. The molecule has 0 saturated heterocycles. The number of fused-ring (bicyclic) bond motifs is 2. The summed E-state index contributed by atoms with van der Waals surface area (Å²) >= 11 is 0. The number of rotatable bonds is 3. The molecule has 1 amide bonds. The van der Waals surface area contributed by atoms with Crippen molar-refractivity contribution in [3.8, 4) is 0 Å². The Balaban J connectivity index is 1.60. The van der Waals surface area contributed by atoms with E-state index in [0.717, 1.165) is 0 Å². The predicted molar refractivity (Wildman–Crippen MR) is 98.4 cm³/mol. The van der Waals surface area contributed by atoms with Crippen molar-refractivity contribution in [2.45, 2.75) is 6.18 Å². The van der Waals surface area contributed by atoms with Crippen molar-refractivity contribution < 1.29 is 31.9 Å². The first-order valence-electron chi connectivity index (χ1n) is 8.58. The molecule has 0 spiro atoms. The van der Waals surface area contributed by atoms with E-state index in [1.54, 1.807) is 18.2 Å². The van der Waals surface area contributed by atoms with Crippen LogP contribution in [0.3, 0.4) is 0 Å². The number of H-pyrrole nitrogens is 1. The smallest absolute Gasteiger partial charge is 0.422 e. The van der Waals surface area contributed by atoms with Gasteiger partial charge in [-0.25, -0.2) is 14.2 Å². The van der Waals surface area contributed by atoms with E-state index in [1.165, 1.54) is 18.2 Å². The Kier molecular flexibility index (Phi) is 4.72. The van der Waals surface area contributed by atoms with Gasteiger partial charge in [0.1, 0.15) is 12.4 Å². The monoisotopic (exact) mass is 420 g/mol. The van der Waals surface area contributed by atoms with Crippen LogP contribution in [-0.4, -0.2) is 46.9 Å². The summed E-state index contributed by atoms with van der Waals surface area (Å²) in [5.41, 5.74) is 2.56. The van der Waals surface area contributed by atoms with Crippen LogP contribution in [0.5, 0.6) is 0 Å². The number of hydrogen-bond donors (Lipinski definition) is 2. The Morgan fingerprint density at radius 3 is 2.73 bits per heavy atom. The topological polar surface area (TPSA) is 96.4 Å². The number of nitrogens with one attached hydrogen (secondary N) is 2. The van der Waals surface area contributed by atoms with Crippen molar-refractivity contribution in [1.82, 2.24) is 9.97 Å². The maximum atomic E-state index is 13.7. The molecule has 2 aromatic carbocycles. The largest absolute Gasteiger partial charge is 0.440 e. The average Bonchev–Trinajstić information content (AvgIpc) is 3.07. The first kappa shape index (κ1) is 19.6. The maximum Gasteiger partial charge on any atom is 0.422 e. The van der Waals surface area contributed by atoms with Gasteiger partial charge in [-0.3, -0.25) is 15.1 Å². The lowest BCUT2D eigenvalue weighted by atomic mass is 9.92. The third-order valence-electron chi connectivity index (χ3n) is 4.26. The van der Waals surface area contributed by atoms with Gasteiger partial charge in [0.25, 0.3) is 0 Å². The average molecular weight is 420 g/mol. The first-order chi connectivity index (χ1) is 14.2. The zero-order chi connectivity index (χ0) is 21.5. The number of aromatic nitrogens is 2. The maximum absolute atomic E-state index is 13.7. The van der Waals surface area contributed by atoms with Crippen LogP contribution in [0.15, 0.2) is 41.4 Å². The number of anilines is 1. The Bertz CT molecular complexity index is 1200. The van der Waals surface area contributed by atoms with E-state index in [9.17, 15) is 27.2 Å². The lowest BCUT2D eigenvalue weighted by molar-refractivity contribution is -0.159. The Morgan fingerprint density at radius 1 is 1.17 bits per heavy atom. The minimum atomic E-state index is -4.64. The molecule has 154 valence electrons. The number of amides is 1. The third kappa shape index (κ3) is 4.00. The van der Waals surface area contributed by atoms with E-state index < -0.39 is 24.7 Å². The molecule has 4 rings (SSSR count). The second-order valence-corrected chi connectivity index (χ2v) is 6.41. The lowest BCUT2D eigenvalue weighted by Gasteiger charge is -2.16. The molecule has 0 atom stereocenters. The normalized spacial score (nSPS) is 13.7. The fourth-order valence-electron chi connectivity index (χ4n) is 3.02. The van der Waals surface area contributed by atoms with E-state index in [-0.39, 0.29) is 18.3 Å². The van der Waals surface area contributed by atoms with Gasteiger partial charge in [-0.05, 0) is 30.3 Å². The molecular formula is C19H12F4N4O3. The highest BCUT2D eigenvalue weighted by molar-refractivity contribution is 6.22. The number of ether oxygens (including phenoxy) is 1. The summed E-state index contributed by atoms with van der Waals surface area (Å²) in [5.74, 6) is -0.843. The number of aliphatic imine (C=N–C) groups is 1. The number of hydrogen-bond acceptors (Lipinski definition) is 5. The molecule has 2 N–H and O–H groups in total. The number of nitrogens with zero attached hydrogens (tertiary/aromatic N) is 2. The van der Waals surface area contributed by atoms with Crippen molar-refractivity contribution in [3.05, 3.63) is 58.9 Å². The van der Waals surface area contributed by atoms with Gasteiger partial charge in [-0.2, -0.15) is 13.2 Å². The molecule has 3 aromatic rings. The fourth-order valence-corrected chi connectivity index (χ4v) is 3.02. The van der Waals surface area contributed by atoms with Crippen LogP contribution in [0.1, 0.15) is 21.5 Å². The van der Waals surface area contributed by atoms with Crippen LogP contribution in [0, 0.1) is 5.82 Å². The van der Waals surface area contributed by atoms with E-state index in [2.05, 4.69) is 25.0 Å². The summed E-state index contributed by atoms with van der Waals surface area (Å²) in [4.78, 5) is 34.5. The molecule has 0 aliphatic carbocycles. The van der Waals surface area contributed by atoms with E-state index in [1.807, 2.05) is 0 Å². The number of carbonyl (C=O) groups excluding carboxylic acids is 2. The van der Waals surface area contributed by atoms with Crippen molar-refractivity contribution in [2.24, 2.45) is 4.99 Å². The summed E-state index contributed by atoms with van der Waals surface area (Å²) in [7, 11) is 0. The molecule has 7 nitrogen and oxygen atoms in total. The highest BCUT2D eigenvalue weighted by Gasteiger charge is 2.29. The summed E-state index contributed by atoms with van der Waals surface area (Å²) in [6, 6.07) is 8.70. The highest BCUT2D eigenvalue weighted by Crippen LogP contribution is 2.24. The molecule has 0 saturated carbocycles. The van der Waals surface area contributed by atoms with Crippen molar-refractivity contribution >= 4 is 34.6 Å². The quantitative estimate of drug-likeness (QED) is 0.629. The first-order valence-corrected chi connectivity index (χ1v) is 8.58. The summed E-state index contributed by atoms with van der Waals surface area (Å²) < 4.78 is 54.1. The molecular weight excluding hydrogens is 408 g/mol. The summed E-state index contributed by atoms with van der Waals surface area (Å²) in [6.45, 7) is -1.80. The molecule has 0 bridgehead atoms. The molecule has 1 aliphatic rings. The van der Waals surface area contributed by atoms with Crippen LogP contribution in [0.25, 0.3) is 11.0 Å². The molecule has 1 aliphatic heterocycles. The Morgan fingerprint density at radius 2 is 1.97 bits per heavy atom. The van der Waals surface area contributed by atoms with Crippen molar-refractivity contribution in [3.63, 3.8) is 0 Å². The minimum absolute atomic E-state index is 0.0766. The zero-order valence-corrected chi connectivity index (χ0v) is 15.0. The van der Waals surface area contributed by atoms with Gasteiger partial charge in [0.15, 0.2) is 12.4 Å². The molecule has 1 aromatic heterocycles. The number of Topliss-reactive ketones (excluding diaryl/α,β-unsaturated/α-hetero) is 1. The Hall–Kier alpha value is -3.76. The van der Waals surface area contributed by atoms with Crippen LogP contribution >= 0.6 is 0 Å². The number of benzene rings is 2. The van der Waals surface area contributed by atoms with Gasteiger partial charge in [-0.1, -0.05) is 6.07 Å². The van der Waals surface area contributed by atoms with Gasteiger partial charge >= 0.3 is 12.3 Å².